The standard InChI is InChI=1S/C24H48/c1-10-14-22(13-4)24(23(15-11-2)16-18(5)6)17-20(8)21(9)19(7)12-3/h18,20-24H,7,10-17H2,1-6,8-9H3. The molecule has 0 spiro atoms. The summed E-state index contributed by atoms with van der Waals surface area (Å²) in [5.74, 6) is 4.98. The molecular formula is C24H48. The summed E-state index contributed by atoms with van der Waals surface area (Å²) in [5, 5.41) is 0. The summed E-state index contributed by atoms with van der Waals surface area (Å²) in [6.45, 7) is 23.5. The minimum atomic E-state index is 0.665. The molecule has 0 saturated heterocycles. The second kappa shape index (κ2) is 13.0. The van der Waals surface area contributed by atoms with Gasteiger partial charge in [0.25, 0.3) is 0 Å². The average molecular weight is 337 g/mol. The molecule has 0 aromatic rings. The van der Waals surface area contributed by atoms with Crippen LogP contribution in [0.3, 0.4) is 0 Å². The maximum Gasteiger partial charge on any atom is -0.0209 e. The first kappa shape index (κ1) is 23.7. The molecule has 0 heterocycles. The van der Waals surface area contributed by atoms with E-state index in [1.165, 1.54) is 50.5 Å². The Morgan fingerprint density at radius 2 is 1.33 bits per heavy atom. The van der Waals surface area contributed by atoms with Crippen LogP contribution < -0.4 is 0 Å². The van der Waals surface area contributed by atoms with Crippen LogP contribution in [0.25, 0.3) is 0 Å². The minimum absolute atomic E-state index is 0.665. The molecule has 0 nitrogen and oxygen atoms in total. The molecule has 24 heavy (non-hydrogen) atoms. The first-order valence-electron chi connectivity index (χ1n) is 11.0. The number of hydrogen-bond donors (Lipinski definition) is 0. The summed E-state index contributed by atoms with van der Waals surface area (Å²) < 4.78 is 0. The zero-order valence-corrected chi connectivity index (χ0v) is 18.3. The van der Waals surface area contributed by atoms with Crippen molar-refractivity contribution in [3.05, 3.63) is 12.2 Å². The summed E-state index contributed by atoms with van der Waals surface area (Å²) in [7, 11) is 0. The van der Waals surface area contributed by atoms with Gasteiger partial charge in [-0.05, 0) is 54.8 Å². The van der Waals surface area contributed by atoms with Crippen LogP contribution in [-0.2, 0) is 0 Å². The molecule has 0 aliphatic heterocycles. The normalized spacial score (nSPS) is 18.2. The highest BCUT2D eigenvalue weighted by atomic mass is 14.4. The van der Waals surface area contributed by atoms with E-state index in [1.54, 1.807) is 0 Å². The van der Waals surface area contributed by atoms with Crippen molar-refractivity contribution in [3.8, 4) is 0 Å². The molecule has 0 aromatic carbocycles. The summed E-state index contributed by atoms with van der Waals surface area (Å²) in [5.41, 5.74) is 1.45. The highest BCUT2D eigenvalue weighted by molar-refractivity contribution is 5.00. The van der Waals surface area contributed by atoms with Gasteiger partial charge < -0.3 is 0 Å². The Labute approximate surface area is 154 Å². The largest absolute Gasteiger partial charge is 0.0996 e. The van der Waals surface area contributed by atoms with Gasteiger partial charge in [0.15, 0.2) is 0 Å². The van der Waals surface area contributed by atoms with Crippen molar-refractivity contribution >= 4 is 0 Å². The first-order valence-corrected chi connectivity index (χ1v) is 11.0. The Morgan fingerprint density at radius 1 is 0.792 bits per heavy atom. The lowest BCUT2D eigenvalue weighted by atomic mass is 9.68. The van der Waals surface area contributed by atoms with E-state index in [1.807, 2.05) is 0 Å². The van der Waals surface area contributed by atoms with Crippen LogP contribution in [0.5, 0.6) is 0 Å². The van der Waals surface area contributed by atoms with E-state index in [0.29, 0.717) is 5.92 Å². The zero-order chi connectivity index (χ0) is 18.7. The minimum Gasteiger partial charge on any atom is -0.0996 e. The molecule has 0 aromatic heterocycles. The Morgan fingerprint density at radius 3 is 1.75 bits per heavy atom. The van der Waals surface area contributed by atoms with Crippen molar-refractivity contribution in [2.24, 2.45) is 35.5 Å². The van der Waals surface area contributed by atoms with E-state index in [9.17, 15) is 0 Å². The number of hydrogen-bond acceptors (Lipinski definition) is 0. The maximum absolute atomic E-state index is 4.33. The summed E-state index contributed by atoms with van der Waals surface area (Å²) in [6.07, 6.45) is 10.8. The van der Waals surface area contributed by atoms with E-state index in [2.05, 4.69) is 62.0 Å². The van der Waals surface area contributed by atoms with E-state index >= 15 is 0 Å². The van der Waals surface area contributed by atoms with Crippen LogP contribution >= 0.6 is 0 Å². The quantitative estimate of drug-likeness (QED) is 0.279. The summed E-state index contributed by atoms with van der Waals surface area (Å²) in [6, 6.07) is 0. The number of rotatable bonds is 14. The molecule has 0 saturated carbocycles. The molecule has 5 atom stereocenters. The van der Waals surface area contributed by atoms with Gasteiger partial charge in [0.2, 0.25) is 0 Å². The van der Waals surface area contributed by atoms with Gasteiger partial charge in [0.05, 0.1) is 0 Å². The Bertz CT molecular complexity index is 314. The van der Waals surface area contributed by atoms with Gasteiger partial charge in [0.1, 0.15) is 0 Å². The molecule has 0 amide bonds. The molecule has 0 N–H and O–H groups in total. The second-order valence-corrected chi connectivity index (χ2v) is 8.81. The van der Waals surface area contributed by atoms with Crippen molar-refractivity contribution in [1.82, 2.24) is 0 Å². The Hall–Kier alpha value is -0.260. The highest BCUT2D eigenvalue weighted by Crippen LogP contribution is 2.40. The van der Waals surface area contributed by atoms with Gasteiger partial charge in [-0.3, -0.25) is 0 Å². The molecule has 0 radical (unpaired) electrons. The molecular weight excluding hydrogens is 288 g/mol. The van der Waals surface area contributed by atoms with Gasteiger partial charge in [-0.15, -0.1) is 0 Å². The third-order valence-corrected chi connectivity index (χ3v) is 6.42. The molecule has 0 bridgehead atoms. The van der Waals surface area contributed by atoms with Crippen LogP contribution in [0, 0.1) is 35.5 Å². The van der Waals surface area contributed by atoms with Crippen molar-refractivity contribution in [3.63, 3.8) is 0 Å². The lowest BCUT2D eigenvalue weighted by Crippen LogP contribution is -2.28. The van der Waals surface area contributed by atoms with E-state index in [-0.39, 0.29) is 0 Å². The fourth-order valence-electron chi connectivity index (χ4n) is 4.70. The summed E-state index contributed by atoms with van der Waals surface area (Å²) >= 11 is 0. The van der Waals surface area contributed by atoms with E-state index in [0.717, 1.165) is 36.0 Å². The summed E-state index contributed by atoms with van der Waals surface area (Å²) in [4.78, 5) is 0. The highest BCUT2D eigenvalue weighted by Gasteiger charge is 2.31. The molecule has 144 valence electrons. The van der Waals surface area contributed by atoms with Crippen molar-refractivity contribution in [2.45, 2.75) is 107 Å². The van der Waals surface area contributed by atoms with Crippen molar-refractivity contribution in [2.75, 3.05) is 0 Å². The Balaban J connectivity index is 5.30. The first-order chi connectivity index (χ1) is 11.3. The fourth-order valence-corrected chi connectivity index (χ4v) is 4.70. The molecule has 0 aliphatic rings. The van der Waals surface area contributed by atoms with E-state index < -0.39 is 0 Å². The zero-order valence-electron chi connectivity index (χ0n) is 18.3. The Kier molecular flexibility index (Phi) is 12.9. The lowest BCUT2D eigenvalue weighted by molar-refractivity contribution is 0.133. The van der Waals surface area contributed by atoms with E-state index in [4.69, 9.17) is 0 Å². The smallest absolute Gasteiger partial charge is 0.0209 e. The average Bonchev–Trinajstić information content (AvgIpc) is 2.55. The molecule has 0 heteroatoms. The molecule has 0 fully saturated rings. The van der Waals surface area contributed by atoms with Crippen LogP contribution in [0.15, 0.2) is 12.2 Å². The third kappa shape index (κ3) is 8.21. The van der Waals surface area contributed by atoms with Crippen LogP contribution in [0.1, 0.15) is 107 Å². The van der Waals surface area contributed by atoms with Gasteiger partial charge in [0, 0.05) is 0 Å². The third-order valence-electron chi connectivity index (χ3n) is 6.42. The fraction of sp³-hybridized carbons (Fsp3) is 0.917. The predicted octanol–water partition coefficient (Wildman–Crippen LogP) is 8.52. The lowest BCUT2D eigenvalue weighted by Gasteiger charge is -2.38. The van der Waals surface area contributed by atoms with Gasteiger partial charge >= 0.3 is 0 Å². The second-order valence-electron chi connectivity index (χ2n) is 8.81. The number of allylic oxidation sites excluding steroid dienone is 1. The topological polar surface area (TPSA) is 0 Å². The van der Waals surface area contributed by atoms with Gasteiger partial charge in [-0.1, -0.05) is 99.6 Å². The van der Waals surface area contributed by atoms with Crippen molar-refractivity contribution in [1.29, 1.82) is 0 Å². The van der Waals surface area contributed by atoms with Crippen LogP contribution in [0.2, 0.25) is 0 Å². The van der Waals surface area contributed by atoms with Gasteiger partial charge in [-0.2, -0.15) is 0 Å². The molecule has 5 unspecified atom stereocenters. The SMILES string of the molecule is C=C(CC)C(C)C(C)CC(C(CC)CCC)C(CCC)CC(C)C. The molecule has 0 rings (SSSR count). The van der Waals surface area contributed by atoms with Crippen LogP contribution in [0.4, 0.5) is 0 Å². The van der Waals surface area contributed by atoms with Crippen LogP contribution in [-0.4, -0.2) is 0 Å². The molecule has 0 aliphatic carbocycles. The monoisotopic (exact) mass is 336 g/mol. The van der Waals surface area contributed by atoms with Gasteiger partial charge in [-0.25, -0.2) is 0 Å². The maximum atomic E-state index is 4.33. The van der Waals surface area contributed by atoms with Crippen molar-refractivity contribution < 1.29 is 0 Å². The predicted molar refractivity (Wildman–Crippen MR) is 112 cm³/mol.